The van der Waals surface area contributed by atoms with Crippen LogP contribution in [0.1, 0.15) is 11.1 Å². The molecule has 19 heavy (non-hydrogen) atoms. The smallest absolute Gasteiger partial charge is 0.123 e. The van der Waals surface area contributed by atoms with Gasteiger partial charge < -0.3 is 4.74 Å². The summed E-state index contributed by atoms with van der Waals surface area (Å²) >= 11 is 8.72. The largest absolute Gasteiger partial charge is 0.496 e. The van der Waals surface area contributed by atoms with Gasteiger partial charge in [-0.2, -0.15) is 0 Å². The fourth-order valence-corrected chi connectivity index (χ4v) is 3.57. The average Bonchev–Trinajstić information content (AvgIpc) is 2.75. The molecule has 0 saturated carbocycles. The summed E-state index contributed by atoms with van der Waals surface area (Å²) in [7, 11) is 3.83. The van der Waals surface area contributed by atoms with Crippen LogP contribution in [0.5, 0.6) is 5.75 Å². The first-order chi connectivity index (χ1) is 9.08. The van der Waals surface area contributed by atoms with Crippen molar-refractivity contribution in [2.45, 2.75) is 13.1 Å². The molecule has 0 amide bonds. The van der Waals surface area contributed by atoms with Crippen molar-refractivity contribution >= 4 is 43.2 Å². The van der Waals surface area contributed by atoms with Gasteiger partial charge in [0.25, 0.3) is 0 Å². The lowest BCUT2D eigenvalue weighted by Crippen LogP contribution is -2.17. The zero-order valence-electron chi connectivity index (χ0n) is 10.8. The van der Waals surface area contributed by atoms with Gasteiger partial charge in [0.2, 0.25) is 0 Å². The van der Waals surface area contributed by atoms with E-state index in [-0.39, 0.29) is 0 Å². The van der Waals surface area contributed by atoms with Crippen LogP contribution in [0.2, 0.25) is 0 Å². The van der Waals surface area contributed by atoms with Gasteiger partial charge >= 0.3 is 0 Å². The van der Waals surface area contributed by atoms with Gasteiger partial charge in [-0.3, -0.25) is 4.90 Å². The Hall–Kier alpha value is -0.360. The highest BCUT2D eigenvalue weighted by atomic mass is 79.9. The predicted molar refractivity (Wildman–Crippen MR) is 87.9 cm³/mol. The first-order valence-electron chi connectivity index (χ1n) is 5.82. The summed E-state index contributed by atoms with van der Waals surface area (Å²) in [6.45, 7) is 1.79. The number of methoxy groups -OCH3 is 1. The second kappa shape index (κ2) is 6.88. The Balaban J connectivity index is 2.05. The van der Waals surface area contributed by atoms with Crippen molar-refractivity contribution < 1.29 is 4.74 Å². The van der Waals surface area contributed by atoms with Gasteiger partial charge in [0.05, 0.1) is 10.9 Å². The molecule has 0 radical (unpaired) electrons. The Morgan fingerprint density at radius 1 is 1.21 bits per heavy atom. The number of hydrogen-bond acceptors (Lipinski definition) is 3. The number of nitrogens with zero attached hydrogens (tertiary/aromatic N) is 1. The molecule has 102 valence electrons. The molecular weight excluding hydrogens is 390 g/mol. The molecule has 1 aromatic heterocycles. The van der Waals surface area contributed by atoms with Crippen LogP contribution in [0.25, 0.3) is 0 Å². The van der Waals surface area contributed by atoms with Gasteiger partial charge in [0.15, 0.2) is 0 Å². The SMILES string of the molecule is COc1ccc(Br)cc1CN(C)Cc1csc(Br)c1. The minimum absolute atomic E-state index is 0.857. The number of ether oxygens (including phenoxy) is 1. The maximum atomic E-state index is 5.40. The second-order valence-electron chi connectivity index (χ2n) is 4.39. The van der Waals surface area contributed by atoms with Crippen LogP contribution in [0.15, 0.2) is 37.9 Å². The number of benzene rings is 1. The van der Waals surface area contributed by atoms with E-state index in [1.165, 1.54) is 14.9 Å². The highest BCUT2D eigenvalue weighted by molar-refractivity contribution is 9.11. The summed E-state index contributed by atoms with van der Waals surface area (Å²) in [6, 6.07) is 8.27. The first-order valence-corrected chi connectivity index (χ1v) is 8.29. The van der Waals surface area contributed by atoms with Crippen molar-refractivity contribution in [3.05, 3.63) is 49.0 Å². The van der Waals surface area contributed by atoms with E-state index in [2.05, 4.69) is 61.3 Å². The van der Waals surface area contributed by atoms with E-state index in [0.29, 0.717) is 0 Å². The second-order valence-corrected chi connectivity index (χ2v) is 7.59. The molecule has 0 unspecified atom stereocenters. The lowest BCUT2D eigenvalue weighted by Gasteiger charge is -2.18. The Morgan fingerprint density at radius 3 is 2.63 bits per heavy atom. The lowest BCUT2D eigenvalue weighted by atomic mass is 10.2. The standard InChI is InChI=1S/C14H15Br2NOS/c1-17(7-10-5-14(16)19-9-10)8-11-6-12(15)3-4-13(11)18-2/h3-6,9H,7-8H2,1-2H3. The van der Waals surface area contributed by atoms with Crippen LogP contribution in [0, 0.1) is 0 Å². The van der Waals surface area contributed by atoms with E-state index < -0.39 is 0 Å². The predicted octanol–water partition coefficient (Wildman–Crippen LogP) is 4.91. The van der Waals surface area contributed by atoms with Gasteiger partial charge in [0.1, 0.15) is 5.75 Å². The summed E-state index contributed by atoms with van der Waals surface area (Å²) in [4.78, 5) is 2.28. The van der Waals surface area contributed by atoms with Crippen molar-refractivity contribution in [3.8, 4) is 5.75 Å². The van der Waals surface area contributed by atoms with E-state index in [1.54, 1.807) is 18.4 Å². The summed E-state index contributed by atoms with van der Waals surface area (Å²) in [5, 5.41) is 2.18. The number of thiophene rings is 1. The van der Waals surface area contributed by atoms with Crippen LogP contribution < -0.4 is 4.74 Å². The number of halogens is 2. The highest BCUT2D eigenvalue weighted by Crippen LogP contribution is 2.25. The zero-order valence-corrected chi connectivity index (χ0v) is 14.8. The van der Waals surface area contributed by atoms with E-state index in [1.807, 2.05) is 12.1 Å². The molecule has 2 aromatic rings. The summed E-state index contributed by atoms with van der Waals surface area (Å²) in [5.74, 6) is 0.932. The van der Waals surface area contributed by atoms with Crippen LogP contribution in [-0.2, 0) is 13.1 Å². The van der Waals surface area contributed by atoms with E-state index >= 15 is 0 Å². The van der Waals surface area contributed by atoms with Gasteiger partial charge in [0, 0.05) is 23.1 Å². The molecule has 1 aromatic carbocycles. The minimum atomic E-state index is 0.857. The monoisotopic (exact) mass is 403 g/mol. The topological polar surface area (TPSA) is 12.5 Å². The highest BCUT2D eigenvalue weighted by Gasteiger charge is 2.08. The van der Waals surface area contributed by atoms with E-state index in [0.717, 1.165) is 23.3 Å². The molecule has 0 aliphatic heterocycles. The van der Waals surface area contributed by atoms with Crippen molar-refractivity contribution in [2.24, 2.45) is 0 Å². The number of hydrogen-bond donors (Lipinski definition) is 0. The zero-order chi connectivity index (χ0) is 13.8. The first kappa shape index (κ1) is 15.0. The van der Waals surface area contributed by atoms with Gasteiger partial charge in [-0.05, 0) is 58.2 Å². The Labute approximate surface area is 134 Å². The maximum absolute atomic E-state index is 5.40. The van der Waals surface area contributed by atoms with Crippen molar-refractivity contribution in [1.29, 1.82) is 0 Å². The van der Waals surface area contributed by atoms with Crippen molar-refractivity contribution in [1.82, 2.24) is 4.90 Å². The fourth-order valence-electron chi connectivity index (χ4n) is 1.96. The van der Waals surface area contributed by atoms with Gasteiger partial charge in [-0.1, -0.05) is 15.9 Å². The molecule has 0 aliphatic rings. The van der Waals surface area contributed by atoms with Gasteiger partial charge in [-0.25, -0.2) is 0 Å². The molecule has 1 heterocycles. The Morgan fingerprint density at radius 2 is 2.00 bits per heavy atom. The fraction of sp³-hybridized carbons (Fsp3) is 0.286. The summed E-state index contributed by atoms with van der Waals surface area (Å²) in [5.41, 5.74) is 2.52. The number of rotatable bonds is 5. The molecule has 2 rings (SSSR count). The van der Waals surface area contributed by atoms with Crippen LogP contribution in [0.3, 0.4) is 0 Å². The molecule has 0 N–H and O–H groups in total. The molecule has 0 bridgehead atoms. The molecule has 2 nitrogen and oxygen atoms in total. The van der Waals surface area contributed by atoms with Crippen molar-refractivity contribution in [2.75, 3.05) is 14.2 Å². The molecule has 0 aliphatic carbocycles. The minimum Gasteiger partial charge on any atom is -0.496 e. The third-order valence-corrected chi connectivity index (χ3v) is 4.80. The van der Waals surface area contributed by atoms with Gasteiger partial charge in [-0.15, -0.1) is 11.3 Å². The molecule has 0 saturated heterocycles. The summed E-state index contributed by atoms with van der Waals surface area (Å²) < 4.78 is 7.66. The van der Waals surface area contributed by atoms with Crippen LogP contribution in [0.4, 0.5) is 0 Å². The summed E-state index contributed by atoms with van der Waals surface area (Å²) in [6.07, 6.45) is 0. The Kier molecular flexibility index (Phi) is 5.45. The molecule has 0 fully saturated rings. The van der Waals surface area contributed by atoms with E-state index in [9.17, 15) is 0 Å². The molecule has 5 heteroatoms. The van der Waals surface area contributed by atoms with Crippen LogP contribution >= 0.6 is 43.2 Å². The van der Waals surface area contributed by atoms with Crippen LogP contribution in [-0.4, -0.2) is 19.1 Å². The normalized spacial score (nSPS) is 11.0. The Bertz CT molecular complexity index is 556. The average molecular weight is 405 g/mol. The third-order valence-electron chi connectivity index (χ3n) is 2.76. The molecule has 0 spiro atoms. The van der Waals surface area contributed by atoms with Crippen molar-refractivity contribution in [3.63, 3.8) is 0 Å². The molecular formula is C14H15Br2NOS. The maximum Gasteiger partial charge on any atom is 0.123 e. The molecule has 0 atom stereocenters. The quantitative estimate of drug-likeness (QED) is 0.701. The lowest BCUT2D eigenvalue weighted by molar-refractivity contribution is 0.310. The third kappa shape index (κ3) is 4.31. The van der Waals surface area contributed by atoms with E-state index in [4.69, 9.17) is 4.74 Å².